The van der Waals surface area contributed by atoms with Crippen molar-refractivity contribution in [2.24, 2.45) is 0 Å². The summed E-state index contributed by atoms with van der Waals surface area (Å²) < 4.78 is 14.6. The van der Waals surface area contributed by atoms with Gasteiger partial charge in [0, 0.05) is 17.0 Å². The van der Waals surface area contributed by atoms with Gasteiger partial charge in [-0.05, 0) is 48.9 Å². The summed E-state index contributed by atoms with van der Waals surface area (Å²) in [4.78, 5) is 46.3. The van der Waals surface area contributed by atoms with Crippen molar-refractivity contribution in [1.29, 1.82) is 0 Å². The first-order chi connectivity index (χ1) is 14.3. The average molecular weight is 433 g/mol. The Morgan fingerprint density at radius 3 is 2.20 bits per heavy atom. The molecule has 0 spiro atoms. The molecule has 1 unspecified atom stereocenters. The maximum atomic E-state index is 12.4. The lowest BCUT2D eigenvalue weighted by atomic mass is 10.0. The molecule has 1 atom stereocenters. The number of methoxy groups -OCH3 is 1. The summed E-state index contributed by atoms with van der Waals surface area (Å²) in [6.45, 7) is 0.978. The highest BCUT2D eigenvalue weighted by atomic mass is 35.5. The van der Waals surface area contributed by atoms with Crippen LogP contribution in [0.25, 0.3) is 0 Å². The Morgan fingerprint density at radius 2 is 1.60 bits per heavy atom. The molecule has 0 radical (unpaired) electrons. The molecule has 0 N–H and O–H groups in total. The second-order valence-corrected chi connectivity index (χ2v) is 6.90. The quantitative estimate of drug-likeness (QED) is 0.323. The van der Waals surface area contributed by atoms with Gasteiger partial charge in [0.15, 0.2) is 12.4 Å². The fraction of sp³-hybridized carbons (Fsp3) is 0.273. The summed E-state index contributed by atoms with van der Waals surface area (Å²) in [5.74, 6) is -2.27. The number of halogens is 1. The van der Waals surface area contributed by atoms with E-state index in [-0.39, 0.29) is 18.6 Å². The molecule has 8 heteroatoms. The van der Waals surface area contributed by atoms with Crippen LogP contribution in [0.3, 0.4) is 0 Å². The molecule has 30 heavy (non-hydrogen) atoms. The van der Waals surface area contributed by atoms with Crippen LogP contribution in [0.4, 0.5) is 0 Å². The molecular weight excluding hydrogens is 412 g/mol. The zero-order chi connectivity index (χ0) is 22.1. The molecule has 0 fully saturated rings. The Labute approximate surface area is 178 Å². The van der Waals surface area contributed by atoms with Crippen LogP contribution in [-0.2, 0) is 30.3 Å². The normalized spacial score (nSPS) is 11.3. The smallest absolute Gasteiger partial charge is 0.378 e. The summed E-state index contributed by atoms with van der Waals surface area (Å²) >= 11 is 5.84. The summed E-state index contributed by atoms with van der Waals surface area (Å²) in [5.41, 5.74) is 1.40. The number of ketones is 2. The van der Waals surface area contributed by atoms with E-state index in [4.69, 9.17) is 21.1 Å². The fourth-order valence-electron chi connectivity index (χ4n) is 2.50. The van der Waals surface area contributed by atoms with Gasteiger partial charge in [-0.1, -0.05) is 23.7 Å². The number of hydrogen-bond acceptors (Lipinski definition) is 7. The Morgan fingerprint density at radius 1 is 0.967 bits per heavy atom. The lowest BCUT2D eigenvalue weighted by Crippen LogP contribution is -2.25. The molecule has 0 bridgehead atoms. The van der Waals surface area contributed by atoms with Crippen molar-refractivity contribution in [3.8, 4) is 5.75 Å². The first-order valence-electron chi connectivity index (χ1n) is 9.09. The first-order valence-corrected chi connectivity index (χ1v) is 9.47. The van der Waals surface area contributed by atoms with Gasteiger partial charge in [0.25, 0.3) is 5.78 Å². The van der Waals surface area contributed by atoms with Gasteiger partial charge in [-0.15, -0.1) is 0 Å². The van der Waals surface area contributed by atoms with Gasteiger partial charge in [-0.3, -0.25) is 14.4 Å². The highest BCUT2D eigenvalue weighted by Crippen LogP contribution is 2.17. The summed E-state index contributed by atoms with van der Waals surface area (Å²) in [6, 6.07) is 13.6. The largest absolute Gasteiger partial charge is 0.490 e. The van der Waals surface area contributed by atoms with Crippen LogP contribution in [-0.4, -0.2) is 43.3 Å². The van der Waals surface area contributed by atoms with Crippen LogP contribution >= 0.6 is 11.6 Å². The van der Waals surface area contributed by atoms with Gasteiger partial charge in [-0.2, -0.15) is 0 Å². The molecule has 2 aromatic carbocycles. The number of Topliss-reactive ketones (excluding diaryl/α,β-unsaturated/α-hetero) is 2. The molecule has 0 aromatic heterocycles. The minimum atomic E-state index is -1.07. The molecule has 158 valence electrons. The number of esters is 2. The molecule has 0 amide bonds. The third kappa shape index (κ3) is 7.33. The van der Waals surface area contributed by atoms with Crippen LogP contribution < -0.4 is 4.74 Å². The Bertz CT molecular complexity index is 904. The lowest BCUT2D eigenvalue weighted by Gasteiger charge is -2.14. The first kappa shape index (κ1) is 23.1. The molecule has 7 nitrogen and oxygen atoms in total. The van der Waals surface area contributed by atoms with Crippen molar-refractivity contribution >= 4 is 35.1 Å². The highest BCUT2D eigenvalue weighted by Gasteiger charge is 2.18. The van der Waals surface area contributed by atoms with E-state index >= 15 is 0 Å². The number of hydrogen-bond donors (Lipinski definition) is 0. The molecule has 0 aliphatic carbocycles. The van der Waals surface area contributed by atoms with E-state index in [1.165, 1.54) is 0 Å². The van der Waals surface area contributed by atoms with E-state index in [2.05, 4.69) is 4.74 Å². The maximum absolute atomic E-state index is 12.4. The van der Waals surface area contributed by atoms with E-state index in [0.29, 0.717) is 16.3 Å². The zero-order valence-corrected chi connectivity index (χ0v) is 17.3. The monoisotopic (exact) mass is 432 g/mol. The lowest BCUT2D eigenvalue weighted by molar-refractivity contribution is -0.158. The van der Waals surface area contributed by atoms with Gasteiger partial charge < -0.3 is 14.2 Å². The van der Waals surface area contributed by atoms with Crippen LogP contribution in [0.2, 0.25) is 5.02 Å². The van der Waals surface area contributed by atoms with Crippen molar-refractivity contribution in [3.63, 3.8) is 0 Å². The van der Waals surface area contributed by atoms with Crippen LogP contribution in [0.15, 0.2) is 48.5 Å². The standard InChI is InChI=1S/C22H21ClO7/c1-14(11-21(26)29-13-20(25)22(27)28-2)30-18-9-5-16(6-10-18)19(24)12-15-3-7-17(23)8-4-15/h3-10,14H,11-13H2,1-2H3. The van der Waals surface area contributed by atoms with E-state index in [0.717, 1.165) is 12.7 Å². The van der Waals surface area contributed by atoms with Gasteiger partial charge in [0.1, 0.15) is 11.9 Å². The van der Waals surface area contributed by atoms with Gasteiger partial charge in [0.2, 0.25) is 0 Å². The van der Waals surface area contributed by atoms with Crippen LogP contribution in [0.1, 0.15) is 29.3 Å². The number of benzene rings is 2. The molecule has 0 saturated heterocycles. The molecule has 0 aliphatic heterocycles. The number of ether oxygens (including phenoxy) is 3. The molecule has 2 aromatic rings. The molecular formula is C22H21ClO7. The number of rotatable bonds is 10. The minimum absolute atomic E-state index is 0.0456. The minimum Gasteiger partial charge on any atom is -0.490 e. The zero-order valence-electron chi connectivity index (χ0n) is 16.6. The highest BCUT2D eigenvalue weighted by molar-refractivity contribution is 6.34. The van der Waals surface area contributed by atoms with E-state index in [1.54, 1.807) is 55.5 Å². The third-order valence-electron chi connectivity index (χ3n) is 4.02. The summed E-state index contributed by atoms with van der Waals surface area (Å²) in [5, 5.41) is 0.612. The molecule has 0 heterocycles. The Hall–Kier alpha value is -3.19. The van der Waals surface area contributed by atoms with Gasteiger partial charge in [-0.25, -0.2) is 4.79 Å². The van der Waals surface area contributed by atoms with Gasteiger partial charge >= 0.3 is 11.9 Å². The second-order valence-electron chi connectivity index (χ2n) is 6.46. The molecule has 0 aliphatic rings. The van der Waals surface area contributed by atoms with Crippen LogP contribution in [0, 0.1) is 0 Å². The predicted octanol–water partition coefficient (Wildman–Crippen LogP) is 3.21. The van der Waals surface area contributed by atoms with Crippen molar-refractivity contribution in [2.45, 2.75) is 25.9 Å². The summed E-state index contributed by atoms with van der Waals surface area (Å²) in [6.07, 6.45) is -0.406. The molecule has 2 rings (SSSR count). The van der Waals surface area contributed by atoms with E-state index < -0.39 is 30.4 Å². The Kier molecular flexibility index (Phi) is 8.55. The summed E-state index contributed by atoms with van der Waals surface area (Å²) in [7, 11) is 1.06. The average Bonchev–Trinajstić information content (AvgIpc) is 2.73. The number of carbonyl (C=O) groups is 4. The topological polar surface area (TPSA) is 96.0 Å². The maximum Gasteiger partial charge on any atom is 0.378 e. The SMILES string of the molecule is COC(=O)C(=O)COC(=O)CC(C)Oc1ccc(C(=O)Cc2ccc(Cl)cc2)cc1. The van der Waals surface area contributed by atoms with Crippen molar-refractivity contribution < 1.29 is 33.4 Å². The van der Waals surface area contributed by atoms with Crippen molar-refractivity contribution in [2.75, 3.05) is 13.7 Å². The third-order valence-corrected chi connectivity index (χ3v) is 4.27. The van der Waals surface area contributed by atoms with E-state index in [1.807, 2.05) is 0 Å². The van der Waals surface area contributed by atoms with Crippen LogP contribution in [0.5, 0.6) is 5.75 Å². The second kappa shape index (κ2) is 11.1. The fourth-order valence-corrected chi connectivity index (χ4v) is 2.62. The van der Waals surface area contributed by atoms with Crippen molar-refractivity contribution in [3.05, 3.63) is 64.7 Å². The predicted molar refractivity (Wildman–Crippen MR) is 109 cm³/mol. The van der Waals surface area contributed by atoms with Crippen molar-refractivity contribution in [1.82, 2.24) is 0 Å². The van der Waals surface area contributed by atoms with E-state index in [9.17, 15) is 19.2 Å². The molecule has 0 saturated carbocycles. The van der Waals surface area contributed by atoms with Gasteiger partial charge in [0.05, 0.1) is 13.5 Å². The Balaban J connectivity index is 1.82. The number of carbonyl (C=O) groups excluding carboxylic acids is 4.